The number of aliphatic carboxylic acids is 1. The highest BCUT2D eigenvalue weighted by molar-refractivity contribution is 8.26. The predicted molar refractivity (Wildman–Crippen MR) is 124 cm³/mol. The Labute approximate surface area is 193 Å². The lowest BCUT2D eigenvalue weighted by atomic mass is 10.0. The SMILES string of the molecule is CC(C)[C@H](C(=O)O)N1C(=O)/C(=C\c2cccc(Oc3ccc(Cl)c(Cl)c3)c2)SC1=S. The van der Waals surface area contributed by atoms with Gasteiger partial charge in [0.15, 0.2) is 0 Å². The molecule has 1 fully saturated rings. The van der Waals surface area contributed by atoms with Gasteiger partial charge in [-0.1, -0.05) is 73.2 Å². The van der Waals surface area contributed by atoms with Crippen molar-refractivity contribution in [1.82, 2.24) is 4.90 Å². The first-order valence-corrected chi connectivity index (χ1v) is 10.9. The summed E-state index contributed by atoms with van der Waals surface area (Å²) in [5.74, 6) is -0.717. The van der Waals surface area contributed by atoms with Gasteiger partial charge in [-0.05, 0) is 41.8 Å². The van der Waals surface area contributed by atoms with Crippen LogP contribution in [0.4, 0.5) is 0 Å². The summed E-state index contributed by atoms with van der Waals surface area (Å²) in [7, 11) is 0. The molecule has 0 saturated carbocycles. The largest absolute Gasteiger partial charge is 0.480 e. The molecule has 1 amide bonds. The minimum absolute atomic E-state index is 0.232. The van der Waals surface area contributed by atoms with Gasteiger partial charge in [0.1, 0.15) is 21.9 Å². The van der Waals surface area contributed by atoms with Crippen LogP contribution in [0.2, 0.25) is 10.0 Å². The zero-order valence-electron chi connectivity index (χ0n) is 16.0. The van der Waals surface area contributed by atoms with E-state index in [4.69, 9.17) is 40.2 Å². The van der Waals surface area contributed by atoms with Crippen molar-refractivity contribution in [1.29, 1.82) is 0 Å². The summed E-state index contributed by atoms with van der Waals surface area (Å²) in [6.45, 7) is 3.48. The number of ether oxygens (including phenoxy) is 1. The monoisotopic (exact) mass is 481 g/mol. The Balaban J connectivity index is 1.84. The molecule has 30 heavy (non-hydrogen) atoms. The summed E-state index contributed by atoms with van der Waals surface area (Å²) >= 11 is 18.3. The number of thioether (sulfide) groups is 1. The number of carbonyl (C=O) groups excluding carboxylic acids is 1. The molecule has 2 aromatic carbocycles. The number of hydrogen-bond donors (Lipinski definition) is 1. The van der Waals surface area contributed by atoms with Crippen molar-refractivity contribution in [3.63, 3.8) is 0 Å². The van der Waals surface area contributed by atoms with Gasteiger partial charge in [-0.3, -0.25) is 9.69 Å². The van der Waals surface area contributed by atoms with Crippen molar-refractivity contribution >= 4 is 69.5 Å². The third kappa shape index (κ3) is 4.98. The number of carboxylic acids is 1. The summed E-state index contributed by atoms with van der Waals surface area (Å²) in [5.41, 5.74) is 0.712. The van der Waals surface area contributed by atoms with Gasteiger partial charge in [0.25, 0.3) is 5.91 Å². The molecule has 3 rings (SSSR count). The molecule has 0 unspecified atom stereocenters. The first-order valence-electron chi connectivity index (χ1n) is 8.90. The van der Waals surface area contributed by atoms with Crippen molar-refractivity contribution in [2.24, 2.45) is 5.92 Å². The second-order valence-electron chi connectivity index (χ2n) is 6.83. The highest BCUT2D eigenvalue weighted by Gasteiger charge is 2.41. The second kappa shape index (κ2) is 9.39. The summed E-state index contributed by atoms with van der Waals surface area (Å²) in [5, 5.41) is 10.3. The average Bonchev–Trinajstić information content (AvgIpc) is 2.92. The van der Waals surface area contributed by atoms with Crippen LogP contribution in [0.3, 0.4) is 0 Å². The third-order valence-electron chi connectivity index (χ3n) is 4.27. The molecule has 0 aromatic heterocycles. The van der Waals surface area contributed by atoms with Gasteiger partial charge in [-0.25, -0.2) is 4.79 Å². The van der Waals surface area contributed by atoms with Gasteiger partial charge < -0.3 is 9.84 Å². The first-order chi connectivity index (χ1) is 14.2. The van der Waals surface area contributed by atoms with Crippen LogP contribution in [-0.2, 0) is 9.59 Å². The Hall–Kier alpha value is -2.06. The fourth-order valence-corrected chi connectivity index (χ4v) is 4.53. The zero-order valence-corrected chi connectivity index (χ0v) is 19.1. The highest BCUT2D eigenvalue weighted by atomic mass is 35.5. The van der Waals surface area contributed by atoms with Crippen LogP contribution >= 0.6 is 47.2 Å². The van der Waals surface area contributed by atoms with E-state index < -0.39 is 17.9 Å². The van der Waals surface area contributed by atoms with Crippen molar-refractivity contribution in [3.8, 4) is 11.5 Å². The summed E-state index contributed by atoms with van der Waals surface area (Å²) in [4.78, 5) is 26.0. The van der Waals surface area contributed by atoms with E-state index in [-0.39, 0.29) is 10.2 Å². The predicted octanol–water partition coefficient (Wildman–Crippen LogP) is 6.10. The van der Waals surface area contributed by atoms with Crippen LogP contribution < -0.4 is 4.74 Å². The summed E-state index contributed by atoms with van der Waals surface area (Å²) in [6.07, 6.45) is 1.67. The Bertz CT molecular complexity index is 1060. The highest BCUT2D eigenvalue weighted by Crippen LogP contribution is 2.36. The van der Waals surface area contributed by atoms with E-state index in [1.54, 1.807) is 56.3 Å². The third-order valence-corrected chi connectivity index (χ3v) is 6.34. The number of hydrogen-bond acceptors (Lipinski definition) is 5. The molecule has 1 aliphatic rings. The topological polar surface area (TPSA) is 66.8 Å². The molecule has 0 spiro atoms. The fraction of sp³-hybridized carbons (Fsp3) is 0.190. The van der Waals surface area contributed by atoms with Crippen LogP contribution in [0, 0.1) is 5.92 Å². The number of carboxylic acid groups (broad SMARTS) is 1. The van der Waals surface area contributed by atoms with Crippen molar-refractivity contribution in [3.05, 3.63) is 63.0 Å². The van der Waals surface area contributed by atoms with Gasteiger partial charge in [0.2, 0.25) is 0 Å². The molecule has 1 atom stereocenters. The molecule has 1 N–H and O–H groups in total. The van der Waals surface area contributed by atoms with Crippen LogP contribution in [0.1, 0.15) is 19.4 Å². The molecule has 0 radical (unpaired) electrons. The Morgan fingerprint density at radius 3 is 2.50 bits per heavy atom. The quantitative estimate of drug-likeness (QED) is 0.397. The minimum Gasteiger partial charge on any atom is -0.480 e. The number of rotatable bonds is 6. The summed E-state index contributed by atoms with van der Waals surface area (Å²) in [6, 6.07) is 11.1. The van der Waals surface area contributed by atoms with Crippen LogP contribution in [0.5, 0.6) is 11.5 Å². The van der Waals surface area contributed by atoms with Crippen molar-refractivity contribution in [2.75, 3.05) is 0 Å². The van der Waals surface area contributed by atoms with E-state index in [1.165, 1.54) is 4.90 Å². The van der Waals surface area contributed by atoms with Gasteiger partial charge in [0, 0.05) is 6.07 Å². The minimum atomic E-state index is -1.08. The lowest BCUT2D eigenvalue weighted by molar-refractivity contribution is -0.146. The number of halogens is 2. The van der Waals surface area contributed by atoms with Gasteiger partial charge >= 0.3 is 5.97 Å². The van der Waals surface area contributed by atoms with Crippen LogP contribution in [0.15, 0.2) is 47.4 Å². The van der Waals surface area contributed by atoms with Crippen LogP contribution in [0.25, 0.3) is 6.08 Å². The molecule has 0 aliphatic carbocycles. The van der Waals surface area contributed by atoms with E-state index >= 15 is 0 Å². The number of carbonyl (C=O) groups is 2. The Morgan fingerprint density at radius 1 is 1.17 bits per heavy atom. The molecule has 5 nitrogen and oxygen atoms in total. The normalized spacial score (nSPS) is 16.4. The van der Waals surface area contributed by atoms with E-state index in [0.717, 1.165) is 11.8 Å². The standard InChI is InChI=1S/C21H17Cl2NO4S2/c1-11(2)18(20(26)27)24-19(25)17(30-21(24)29)9-12-4-3-5-13(8-12)28-14-6-7-15(22)16(23)10-14/h3-11,18H,1-2H3,(H,26,27)/b17-9+/t18-/m1/s1. The van der Waals surface area contributed by atoms with Gasteiger partial charge in [-0.15, -0.1) is 0 Å². The van der Waals surface area contributed by atoms with Gasteiger partial charge in [0.05, 0.1) is 15.0 Å². The molecule has 1 saturated heterocycles. The molecule has 9 heteroatoms. The maximum atomic E-state index is 12.8. The number of benzene rings is 2. The molecule has 1 heterocycles. The maximum Gasteiger partial charge on any atom is 0.327 e. The van der Waals surface area contributed by atoms with E-state index in [2.05, 4.69) is 0 Å². The zero-order chi connectivity index (χ0) is 22.0. The maximum absolute atomic E-state index is 12.8. The Morgan fingerprint density at radius 2 is 1.87 bits per heavy atom. The second-order valence-corrected chi connectivity index (χ2v) is 9.32. The lowest BCUT2D eigenvalue weighted by Crippen LogP contribution is -2.47. The van der Waals surface area contributed by atoms with Gasteiger partial charge in [-0.2, -0.15) is 0 Å². The molecule has 1 aliphatic heterocycles. The van der Waals surface area contributed by atoms with Crippen LogP contribution in [-0.4, -0.2) is 32.2 Å². The number of nitrogens with zero attached hydrogens (tertiary/aromatic N) is 1. The first kappa shape index (κ1) is 22.6. The smallest absolute Gasteiger partial charge is 0.327 e. The molecule has 0 bridgehead atoms. The molecular formula is C21H17Cl2NO4S2. The fourth-order valence-electron chi connectivity index (χ4n) is 2.91. The lowest BCUT2D eigenvalue weighted by Gasteiger charge is -2.26. The van der Waals surface area contributed by atoms with Crippen molar-refractivity contribution < 1.29 is 19.4 Å². The number of thiocarbonyl (C=S) groups is 1. The van der Waals surface area contributed by atoms with E-state index in [0.29, 0.717) is 32.0 Å². The average molecular weight is 482 g/mol. The molecule has 156 valence electrons. The summed E-state index contributed by atoms with van der Waals surface area (Å²) < 4.78 is 6.04. The van der Waals surface area contributed by atoms with E-state index in [1.807, 2.05) is 6.07 Å². The van der Waals surface area contributed by atoms with Crippen molar-refractivity contribution in [2.45, 2.75) is 19.9 Å². The molecular weight excluding hydrogens is 465 g/mol. The molecule has 2 aromatic rings. The Kier molecular flexibility index (Phi) is 7.08. The van der Waals surface area contributed by atoms with E-state index in [9.17, 15) is 14.7 Å². The number of amides is 1.